The van der Waals surface area contributed by atoms with Crippen molar-refractivity contribution in [2.75, 3.05) is 12.4 Å². The Morgan fingerprint density at radius 1 is 1.17 bits per heavy atom. The molecule has 120 valence electrons. The van der Waals surface area contributed by atoms with Gasteiger partial charge >= 0.3 is 0 Å². The first-order valence-electron chi connectivity index (χ1n) is 7.86. The van der Waals surface area contributed by atoms with Crippen LogP contribution in [0.4, 0.5) is 5.69 Å². The quantitative estimate of drug-likeness (QED) is 0.774. The second kappa shape index (κ2) is 8.18. The van der Waals surface area contributed by atoms with E-state index in [-0.39, 0.29) is 5.91 Å². The lowest BCUT2D eigenvalue weighted by Crippen LogP contribution is -2.10. The molecule has 0 saturated carbocycles. The summed E-state index contributed by atoms with van der Waals surface area (Å²) in [4.78, 5) is 12.2. The summed E-state index contributed by atoms with van der Waals surface area (Å²) in [6.07, 6.45) is 4.33. The Morgan fingerprint density at radius 3 is 2.61 bits per heavy atom. The Hall–Kier alpha value is -2.55. The van der Waals surface area contributed by atoms with Gasteiger partial charge in [0.25, 0.3) is 0 Å². The molecule has 23 heavy (non-hydrogen) atoms. The molecule has 1 atom stereocenters. The third-order valence-corrected chi connectivity index (χ3v) is 3.92. The van der Waals surface area contributed by atoms with Crippen molar-refractivity contribution in [2.45, 2.75) is 26.2 Å². The zero-order valence-corrected chi connectivity index (χ0v) is 13.9. The summed E-state index contributed by atoms with van der Waals surface area (Å²) < 4.78 is 5.28. The molecule has 0 heterocycles. The van der Waals surface area contributed by atoms with E-state index in [0.717, 1.165) is 29.0 Å². The van der Waals surface area contributed by atoms with E-state index in [1.54, 1.807) is 13.2 Å². The molecule has 0 aliphatic carbocycles. The van der Waals surface area contributed by atoms with E-state index < -0.39 is 0 Å². The molecule has 3 nitrogen and oxygen atoms in total. The molecule has 1 N–H and O–H groups in total. The third kappa shape index (κ3) is 4.46. The molecule has 3 heteroatoms. The van der Waals surface area contributed by atoms with Gasteiger partial charge in [0.15, 0.2) is 0 Å². The number of hydrogen-bond donors (Lipinski definition) is 1. The highest BCUT2D eigenvalue weighted by Gasteiger charge is 2.09. The minimum atomic E-state index is -0.147. The van der Waals surface area contributed by atoms with Gasteiger partial charge in [0.2, 0.25) is 5.91 Å². The summed E-state index contributed by atoms with van der Waals surface area (Å²) in [5.41, 5.74) is 2.91. The van der Waals surface area contributed by atoms with Crippen molar-refractivity contribution in [3.05, 3.63) is 65.7 Å². The van der Waals surface area contributed by atoms with Crippen molar-refractivity contribution in [1.29, 1.82) is 0 Å². The number of benzene rings is 2. The first-order chi connectivity index (χ1) is 11.2. The predicted molar refractivity (Wildman–Crippen MR) is 95.8 cm³/mol. The average Bonchev–Trinajstić information content (AvgIpc) is 2.60. The summed E-state index contributed by atoms with van der Waals surface area (Å²) in [5.74, 6) is 1.01. The number of carbonyl (C=O) groups excluding carboxylic acids is 1. The van der Waals surface area contributed by atoms with Crippen molar-refractivity contribution >= 4 is 17.7 Å². The van der Waals surface area contributed by atoms with Gasteiger partial charge in [-0.2, -0.15) is 0 Å². The maximum Gasteiger partial charge on any atom is 0.248 e. The first-order valence-corrected chi connectivity index (χ1v) is 7.86. The fraction of sp³-hybridized carbons (Fsp3) is 0.250. The molecule has 2 rings (SSSR count). The van der Waals surface area contributed by atoms with Gasteiger partial charge in [-0.3, -0.25) is 4.79 Å². The topological polar surface area (TPSA) is 38.3 Å². The normalized spacial score (nSPS) is 12.1. The second-order valence-electron chi connectivity index (χ2n) is 5.46. The summed E-state index contributed by atoms with van der Waals surface area (Å²) in [6, 6.07) is 15.5. The molecule has 0 unspecified atom stereocenters. The summed E-state index contributed by atoms with van der Waals surface area (Å²) in [7, 11) is 1.62. The van der Waals surface area contributed by atoms with Gasteiger partial charge in [-0.15, -0.1) is 0 Å². The van der Waals surface area contributed by atoms with Crippen LogP contribution in [-0.2, 0) is 4.79 Å². The van der Waals surface area contributed by atoms with Crippen LogP contribution in [0, 0.1) is 0 Å². The van der Waals surface area contributed by atoms with E-state index in [0.29, 0.717) is 5.92 Å². The smallest absolute Gasteiger partial charge is 0.248 e. The first kappa shape index (κ1) is 16.8. The lowest BCUT2D eigenvalue weighted by Gasteiger charge is -2.14. The van der Waals surface area contributed by atoms with E-state index in [1.165, 1.54) is 6.08 Å². The van der Waals surface area contributed by atoms with E-state index in [9.17, 15) is 4.79 Å². The molecule has 0 aromatic heterocycles. The number of hydrogen-bond acceptors (Lipinski definition) is 2. The van der Waals surface area contributed by atoms with Gasteiger partial charge in [0.1, 0.15) is 5.75 Å². The van der Waals surface area contributed by atoms with E-state index >= 15 is 0 Å². The zero-order chi connectivity index (χ0) is 16.7. The van der Waals surface area contributed by atoms with Crippen molar-refractivity contribution in [3.63, 3.8) is 0 Å². The summed E-state index contributed by atoms with van der Waals surface area (Å²) in [6.45, 7) is 4.31. The molecule has 2 aromatic rings. The van der Waals surface area contributed by atoms with Crippen LogP contribution in [0.25, 0.3) is 6.08 Å². The van der Waals surface area contributed by atoms with Crippen LogP contribution in [0.1, 0.15) is 37.3 Å². The second-order valence-corrected chi connectivity index (χ2v) is 5.46. The molecular weight excluding hydrogens is 286 g/mol. The number of methoxy groups -OCH3 is 1. The number of para-hydroxylation sites is 2. The van der Waals surface area contributed by atoms with Crippen molar-refractivity contribution < 1.29 is 9.53 Å². The Kier molecular flexibility index (Phi) is 5.98. The highest BCUT2D eigenvalue weighted by Crippen LogP contribution is 2.26. The largest absolute Gasteiger partial charge is 0.496 e. The molecule has 1 amide bonds. The number of nitrogens with one attached hydrogen (secondary N) is 1. The van der Waals surface area contributed by atoms with Crippen LogP contribution >= 0.6 is 0 Å². The highest BCUT2D eigenvalue weighted by molar-refractivity contribution is 6.02. The van der Waals surface area contributed by atoms with Gasteiger partial charge in [-0.05, 0) is 36.1 Å². The minimum Gasteiger partial charge on any atom is -0.496 e. The molecule has 2 aromatic carbocycles. The Morgan fingerprint density at radius 2 is 1.87 bits per heavy atom. The summed E-state index contributed by atoms with van der Waals surface area (Å²) in [5, 5.41) is 2.97. The van der Waals surface area contributed by atoms with Crippen molar-refractivity contribution in [2.24, 2.45) is 0 Å². The third-order valence-electron chi connectivity index (χ3n) is 3.92. The standard InChI is InChI=1S/C20H23NO2/c1-4-15(2)17-10-6-7-11-18(17)21-20(22)14-13-16-9-5-8-12-19(16)23-3/h5-15H,4H2,1-3H3,(H,21,22)/b14-13+/t15-/m1/s1. The minimum absolute atomic E-state index is 0.147. The predicted octanol–water partition coefficient (Wildman–Crippen LogP) is 4.86. The van der Waals surface area contributed by atoms with Crippen molar-refractivity contribution in [3.8, 4) is 5.75 Å². The van der Waals surface area contributed by atoms with Crippen LogP contribution in [0.15, 0.2) is 54.6 Å². The van der Waals surface area contributed by atoms with Crippen LogP contribution in [0.2, 0.25) is 0 Å². The molecule has 0 fully saturated rings. The van der Waals surface area contributed by atoms with Gasteiger partial charge in [0, 0.05) is 17.3 Å². The maximum absolute atomic E-state index is 12.2. The molecule has 0 aliphatic heterocycles. The monoisotopic (exact) mass is 309 g/mol. The Bertz CT molecular complexity index is 692. The molecule has 0 radical (unpaired) electrons. The van der Waals surface area contributed by atoms with Gasteiger partial charge in [-0.1, -0.05) is 50.2 Å². The van der Waals surface area contributed by atoms with Gasteiger partial charge in [0.05, 0.1) is 7.11 Å². The van der Waals surface area contributed by atoms with Crippen molar-refractivity contribution in [1.82, 2.24) is 0 Å². The maximum atomic E-state index is 12.2. The van der Waals surface area contributed by atoms with Gasteiger partial charge < -0.3 is 10.1 Å². The van der Waals surface area contributed by atoms with Crippen LogP contribution in [0.5, 0.6) is 5.75 Å². The highest BCUT2D eigenvalue weighted by atomic mass is 16.5. The Balaban J connectivity index is 2.13. The fourth-order valence-corrected chi connectivity index (χ4v) is 2.40. The lowest BCUT2D eigenvalue weighted by molar-refractivity contribution is -0.111. The zero-order valence-electron chi connectivity index (χ0n) is 13.9. The van der Waals surface area contributed by atoms with Crippen LogP contribution in [0.3, 0.4) is 0 Å². The average molecular weight is 309 g/mol. The SMILES string of the molecule is CC[C@@H](C)c1ccccc1NC(=O)/C=C/c1ccccc1OC. The molecule has 0 aliphatic rings. The fourth-order valence-electron chi connectivity index (χ4n) is 2.40. The van der Waals surface area contributed by atoms with Crippen LogP contribution < -0.4 is 10.1 Å². The molecule has 0 bridgehead atoms. The van der Waals surface area contributed by atoms with Gasteiger partial charge in [-0.25, -0.2) is 0 Å². The van der Waals surface area contributed by atoms with E-state index in [1.807, 2.05) is 42.5 Å². The van der Waals surface area contributed by atoms with Crippen LogP contribution in [-0.4, -0.2) is 13.0 Å². The van der Waals surface area contributed by atoms with E-state index in [2.05, 4.69) is 25.2 Å². The molecule has 0 saturated heterocycles. The number of carbonyl (C=O) groups is 1. The molecular formula is C20H23NO2. The van der Waals surface area contributed by atoms with E-state index in [4.69, 9.17) is 4.74 Å². The Labute approximate surface area is 138 Å². The number of amides is 1. The number of rotatable bonds is 6. The lowest BCUT2D eigenvalue weighted by atomic mass is 9.97. The number of anilines is 1. The summed E-state index contributed by atoms with van der Waals surface area (Å²) >= 11 is 0. The number of ether oxygens (including phenoxy) is 1. The molecule has 0 spiro atoms.